The third-order valence-corrected chi connectivity index (χ3v) is 15.9. The maximum Gasteiger partial charge on any atom is 0.397 e. The quantitative estimate of drug-likeness (QED) is 0.0147. The summed E-state index contributed by atoms with van der Waals surface area (Å²) in [6, 6.07) is 8.29. The number of benzene rings is 4. The van der Waals surface area contributed by atoms with Gasteiger partial charge in [0.25, 0.3) is 0 Å². The Morgan fingerprint density at radius 2 is 1.07 bits per heavy atom. The minimum atomic E-state index is -4.53. The largest absolute Gasteiger partial charge is 0.490 e. The van der Waals surface area contributed by atoms with Crippen molar-refractivity contribution in [3.05, 3.63) is 36.4 Å². The van der Waals surface area contributed by atoms with Gasteiger partial charge in [-0.3, -0.25) is 14.1 Å². The van der Waals surface area contributed by atoms with Crippen LogP contribution >= 0.6 is 0 Å². The van der Waals surface area contributed by atoms with Crippen molar-refractivity contribution in [3.8, 4) is 5.75 Å². The van der Waals surface area contributed by atoms with Gasteiger partial charge in [-0.05, 0) is 83.8 Å². The van der Waals surface area contributed by atoms with Gasteiger partial charge >= 0.3 is 16.4 Å². The van der Waals surface area contributed by atoms with E-state index in [1.807, 2.05) is 0 Å². The molecule has 0 bridgehead atoms. The fraction of sp³-hybridized carbons (Fsp3) is 0.600. The third kappa shape index (κ3) is 16.8. The standard InChI is InChI=1S/C45H71N7O15S3/c1-32(53)38(10-4-6-16-46)49-18-8-20-51(2)68(56,57)41-31-42(69(58,59)52(3)21-9-19-50-39(45(54)55)11-5-7-17-47)36-15-13-34-40(30-37(48)33-12-14-35(41)44(36)43(33)34)66-28-26-64-24-22-63-23-25-65-27-29-67-70(60,61)62/h12-15,30-31,38-39,49-50H,4-11,16-29,46-48H2,1-3H3,(H,54,55)(H,60,61,62). The molecular weight excluding hydrogens is 975 g/mol. The van der Waals surface area contributed by atoms with Crippen LogP contribution in [0.3, 0.4) is 0 Å². The second-order valence-electron chi connectivity index (χ2n) is 16.7. The second-order valence-corrected chi connectivity index (χ2v) is 21.9. The first-order chi connectivity index (χ1) is 33.3. The number of carboxylic acid groups (broad SMARTS) is 1. The minimum absolute atomic E-state index is 0.0136. The zero-order valence-corrected chi connectivity index (χ0v) is 42.7. The molecule has 0 saturated heterocycles. The van der Waals surface area contributed by atoms with Crippen LogP contribution in [0.15, 0.2) is 46.2 Å². The number of anilines is 1. The molecule has 394 valence electrons. The van der Waals surface area contributed by atoms with Crippen molar-refractivity contribution < 1.29 is 67.6 Å². The summed E-state index contributed by atoms with van der Waals surface area (Å²) >= 11 is 0. The molecule has 22 nitrogen and oxygen atoms in total. The Kier molecular flexibility index (Phi) is 23.7. The number of aliphatic carboxylic acids is 1. The number of carboxylic acids is 1. The molecule has 70 heavy (non-hydrogen) atoms. The molecule has 4 aromatic rings. The number of sulfonamides is 2. The lowest BCUT2D eigenvalue weighted by molar-refractivity contribution is -0.139. The highest BCUT2D eigenvalue weighted by Crippen LogP contribution is 2.45. The van der Waals surface area contributed by atoms with Crippen molar-refractivity contribution in [3.63, 3.8) is 0 Å². The number of nitrogens with zero attached hydrogens (tertiary/aromatic N) is 2. The molecule has 0 aliphatic heterocycles. The lowest BCUT2D eigenvalue weighted by Crippen LogP contribution is -2.38. The summed E-state index contributed by atoms with van der Waals surface area (Å²) in [7, 11) is -10.5. The maximum atomic E-state index is 14.7. The van der Waals surface area contributed by atoms with Gasteiger partial charge in [0.1, 0.15) is 24.2 Å². The zero-order valence-electron chi connectivity index (χ0n) is 40.2. The van der Waals surface area contributed by atoms with E-state index in [2.05, 4.69) is 14.8 Å². The fourth-order valence-electron chi connectivity index (χ4n) is 7.90. The molecule has 0 fully saturated rings. The van der Waals surface area contributed by atoms with Gasteiger partial charge in [0.15, 0.2) is 0 Å². The molecule has 0 amide bonds. The van der Waals surface area contributed by atoms with E-state index >= 15 is 0 Å². The Morgan fingerprint density at radius 3 is 1.56 bits per heavy atom. The molecule has 2 unspecified atom stereocenters. The van der Waals surface area contributed by atoms with Crippen LogP contribution in [-0.4, -0.2) is 174 Å². The third-order valence-electron chi connectivity index (χ3n) is 11.6. The van der Waals surface area contributed by atoms with Crippen LogP contribution in [0, 0.1) is 0 Å². The first kappa shape index (κ1) is 58.6. The van der Waals surface area contributed by atoms with Gasteiger partial charge in [0, 0.05) is 71.3 Å². The van der Waals surface area contributed by atoms with E-state index in [1.54, 1.807) is 30.3 Å². The number of hydrogen-bond donors (Lipinski definition) is 7. The molecule has 0 spiro atoms. The Labute approximate surface area is 411 Å². The normalized spacial score (nSPS) is 13.6. The Bertz CT molecular complexity index is 2550. The Morgan fingerprint density at radius 1 is 0.629 bits per heavy atom. The molecule has 0 aliphatic rings. The number of ether oxygens (including phenoxy) is 4. The van der Waals surface area contributed by atoms with Crippen LogP contribution in [0.5, 0.6) is 5.75 Å². The molecular formula is C45H71N7O15S3. The zero-order chi connectivity index (χ0) is 51.5. The number of Topliss-reactive ketones (excluding diaryl/α,β-unsaturated/α-hetero) is 1. The number of hydrogen-bond acceptors (Lipinski definition) is 18. The van der Waals surface area contributed by atoms with Gasteiger partial charge in [0.05, 0.1) is 62.1 Å². The number of carbonyl (C=O) groups excluding carboxylic acids is 1. The number of nitrogen functional groups attached to an aromatic ring is 1. The van der Waals surface area contributed by atoms with Crippen molar-refractivity contribution in [1.29, 1.82) is 0 Å². The lowest BCUT2D eigenvalue weighted by atomic mass is 9.93. The van der Waals surface area contributed by atoms with E-state index in [9.17, 15) is 39.9 Å². The smallest absolute Gasteiger partial charge is 0.397 e. The summed E-state index contributed by atoms with van der Waals surface area (Å²) < 4.78 is 118. The number of unbranched alkanes of at least 4 members (excludes halogenated alkanes) is 2. The minimum Gasteiger partial charge on any atom is -0.490 e. The first-order valence-corrected chi connectivity index (χ1v) is 27.5. The number of nitrogens with one attached hydrogen (secondary N) is 2. The molecule has 10 N–H and O–H groups in total. The summed E-state index contributed by atoms with van der Waals surface area (Å²) in [5, 5.41) is 18.4. The SMILES string of the molecule is CC(=O)C(CCCCN)NCCCN(C)S(=O)(=O)c1cc(S(=O)(=O)N(C)CCCNC(CCCCN)C(=O)O)c2ccc3c(OCCOCCOCCOCCOS(=O)(=O)O)cc(N)c4ccc1c2c43. The average molecular weight is 1050 g/mol. The van der Waals surface area contributed by atoms with Gasteiger partial charge in [-0.2, -0.15) is 8.42 Å². The van der Waals surface area contributed by atoms with Gasteiger partial charge in [-0.1, -0.05) is 31.0 Å². The van der Waals surface area contributed by atoms with Crippen LogP contribution in [0.2, 0.25) is 0 Å². The van der Waals surface area contributed by atoms with Gasteiger partial charge < -0.3 is 51.9 Å². The van der Waals surface area contributed by atoms with Crippen molar-refractivity contribution in [2.45, 2.75) is 80.2 Å². The predicted octanol–water partition coefficient (Wildman–Crippen LogP) is 2.28. The van der Waals surface area contributed by atoms with Gasteiger partial charge in [0.2, 0.25) is 20.0 Å². The molecule has 4 rings (SSSR count). The van der Waals surface area contributed by atoms with Crippen LogP contribution in [0.4, 0.5) is 5.69 Å². The van der Waals surface area contributed by atoms with E-state index in [4.69, 9.17) is 40.7 Å². The van der Waals surface area contributed by atoms with Crippen molar-refractivity contribution in [1.82, 2.24) is 19.2 Å². The van der Waals surface area contributed by atoms with E-state index in [1.165, 1.54) is 31.4 Å². The topological polar surface area (TPSA) is 332 Å². The lowest BCUT2D eigenvalue weighted by Gasteiger charge is -2.24. The van der Waals surface area contributed by atoms with E-state index in [0.717, 1.165) is 17.1 Å². The van der Waals surface area contributed by atoms with Gasteiger partial charge in [-0.25, -0.2) is 29.6 Å². The number of nitrogens with two attached hydrogens (primary N) is 3. The molecule has 25 heteroatoms. The van der Waals surface area contributed by atoms with Crippen LogP contribution in [0.1, 0.15) is 58.3 Å². The van der Waals surface area contributed by atoms with Crippen molar-refractivity contribution in [2.75, 3.05) is 112 Å². The fourth-order valence-corrected chi connectivity index (χ4v) is 11.1. The summed E-state index contributed by atoms with van der Waals surface area (Å²) in [6.07, 6.45) is 4.41. The van der Waals surface area contributed by atoms with Crippen molar-refractivity contribution >= 4 is 80.2 Å². The Hall–Kier alpha value is -3.93. The summed E-state index contributed by atoms with van der Waals surface area (Å²) in [5.74, 6) is -0.685. The molecule has 4 aromatic carbocycles. The maximum absolute atomic E-state index is 14.7. The van der Waals surface area contributed by atoms with Gasteiger partial charge in [-0.15, -0.1) is 0 Å². The second kappa shape index (κ2) is 28.3. The molecule has 0 saturated carbocycles. The van der Waals surface area contributed by atoms with Crippen molar-refractivity contribution in [2.24, 2.45) is 11.5 Å². The van der Waals surface area contributed by atoms with E-state index in [0.29, 0.717) is 84.7 Å². The molecule has 0 heterocycles. The van der Waals surface area contributed by atoms with Crippen LogP contribution in [0.25, 0.3) is 32.3 Å². The van der Waals surface area contributed by atoms with E-state index < -0.39 is 48.5 Å². The molecule has 0 aromatic heterocycles. The molecule has 2 atom stereocenters. The summed E-state index contributed by atoms with van der Waals surface area (Å²) in [5.41, 5.74) is 18.1. The highest BCUT2D eigenvalue weighted by Gasteiger charge is 2.32. The highest BCUT2D eigenvalue weighted by atomic mass is 32.3. The summed E-state index contributed by atoms with van der Waals surface area (Å²) in [4.78, 5) is 23.7. The first-order valence-electron chi connectivity index (χ1n) is 23.3. The van der Waals surface area contributed by atoms with Crippen LogP contribution < -0.4 is 32.6 Å². The summed E-state index contributed by atoms with van der Waals surface area (Å²) in [6.45, 7) is 3.69. The predicted molar refractivity (Wildman–Crippen MR) is 267 cm³/mol. The Balaban J connectivity index is 1.61. The number of carbonyl (C=O) groups is 2. The average Bonchev–Trinajstić information content (AvgIpc) is 3.30. The number of rotatable bonds is 38. The molecule has 0 aliphatic carbocycles. The van der Waals surface area contributed by atoms with E-state index in [-0.39, 0.29) is 105 Å². The highest BCUT2D eigenvalue weighted by molar-refractivity contribution is 7.90. The number of ketones is 1. The van der Waals surface area contributed by atoms with Crippen LogP contribution in [-0.2, 0) is 58.4 Å². The monoisotopic (exact) mass is 1050 g/mol. The molecule has 0 radical (unpaired) electrons.